The number of phenols is 1. The lowest BCUT2D eigenvalue weighted by Gasteiger charge is -2.24. The minimum atomic E-state index is -0.598. The summed E-state index contributed by atoms with van der Waals surface area (Å²) in [7, 11) is 1.45. The second-order valence-corrected chi connectivity index (χ2v) is 4.98. The zero-order valence-corrected chi connectivity index (χ0v) is 11.1. The maximum Gasteiger partial charge on any atom is 0.165 e. The highest BCUT2D eigenvalue weighted by Crippen LogP contribution is 2.39. The molecule has 2 rings (SSSR count). The fraction of sp³-hybridized carbons (Fsp3) is 0.538. The molecule has 0 saturated carbocycles. The lowest BCUT2D eigenvalue weighted by molar-refractivity contribution is 0.346. The average Bonchev–Trinajstić information content (AvgIpc) is 2.37. The SMILES string of the molecule is COc1c(O)cc(F)c(Cl)c1CC1CCNCC1. The zero-order chi connectivity index (χ0) is 13.1. The van der Waals surface area contributed by atoms with Gasteiger partial charge in [-0.1, -0.05) is 11.6 Å². The van der Waals surface area contributed by atoms with Crippen LogP contribution in [0.15, 0.2) is 6.07 Å². The van der Waals surface area contributed by atoms with Crippen molar-refractivity contribution in [3.63, 3.8) is 0 Å². The Morgan fingerprint density at radius 3 is 2.78 bits per heavy atom. The van der Waals surface area contributed by atoms with Crippen LogP contribution in [0.1, 0.15) is 18.4 Å². The van der Waals surface area contributed by atoms with Crippen LogP contribution in [-0.4, -0.2) is 25.3 Å². The Morgan fingerprint density at radius 1 is 1.50 bits per heavy atom. The summed E-state index contributed by atoms with van der Waals surface area (Å²) in [6, 6.07) is 0.993. The topological polar surface area (TPSA) is 41.5 Å². The van der Waals surface area contributed by atoms with Crippen LogP contribution in [0.5, 0.6) is 11.5 Å². The van der Waals surface area contributed by atoms with E-state index in [2.05, 4.69) is 5.32 Å². The van der Waals surface area contributed by atoms with E-state index in [1.807, 2.05) is 0 Å². The third-order valence-corrected chi connectivity index (χ3v) is 3.81. The second kappa shape index (κ2) is 5.76. The van der Waals surface area contributed by atoms with E-state index in [9.17, 15) is 9.50 Å². The molecule has 1 aliphatic heterocycles. The summed E-state index contributed by atoms with van der Waals surface area (Å²) in [6.07, 6.45) is 2.68. The van der Waals surface area contributed by atoms with Gasteiger partial charge in [-0.05, 0) is 38.3 Å². The Bertz CT molecular complexity index is 433. The molecule has 0 aliphatic carbocycles. The van der Waals surface area contributed by atoms with Crippen molar-refractivity contribution in [2.75, 3.05) is 20.2 Å². The van der Waals surface area contributed by atoms with Crippen LogP contribution in [0.4, 0.5) is 4.39 Å². The Labute approximate surface area is 111 Å². The number of benzene rings is 1. The predicted octanol–water partition coefficient (Wildman–Crippen LogP) is 2.74. The summed E-state index contributed by atoms with van der Waals surface area (Å²) in [5, 5.41) is 13.0. The van der Waals surface area contributed by atoms with Crippen LogP contribution in [0, 0.1) is 11.7 Å². The molecule has 1 aromatic carbocycles. The van der Waals surface area contributed by atoms with Crippen molar-refractivity contribution in [2.24, 2.45) is 5.92 Å². The third-order valence-electron chi connectivity index (χ3n) is 3.40. The van der Waals surface area contributed by atoms with Gasteiger partial charge in [0.15, 0.2) is 11.5 Å². The van der Waals surface area contributed by atoms with Crippen molar-refractivity contribution in [3.05, 3.63) is 22.5 Å². The van der Waals surface area contributed by atoms with Crippen LogP contribution >= 0.6 is 11.6 Å². The standard InChI is InChI=1S/C13H17ClFNO2/c1-18-13-9(6-8-2-4-16-5-3-8)12(14)10(15)7-11(13)17/h7-8,16-17H,2-6H2,1H3. The molecule has 0 unspecified atom stereocenters. The highest BCUT2D eigenvalue weighted by atomic mass is 35.5. The zero-order valence-electron chi connectivity index (χ0n) is 10.3. The predicted molar refractivity (Wildman–Crippen MR) is 68.9 cm³/mol. The van der Waals surface area contributed by atoms with Gasteiger partial charge in [-0.25, -0.2) is 4.39 Å². The molecule has 0 bridgehead atoms. The van der Waals surface area contributed by atoms with E-state index in [1.165, 1.54) is 7.11 Å². The van der Waals surface area contributed by atoms with Crippen molar-refractivity contribution >= 4 is 11.6 Å². The summed E-state index contributed by atoms with van der Waals surface area (Å²) in [5.74, 6) is -0.0546. The molecular weight excluding hydrogens is 257 g/mol. The summed E-state index contributed by atoms with van der Waals surface area (Å²) in [5.41, 5.74) is 0.573. The molecular formula is C13H17ClFNO2. The number of methoxy groups -OCH3 is 1. The normalized spacial score (nSPS) is 16.8. The first kappa shape index (κ1) is 13.4. The molecule has 1 saturated heterocycles. The number of hydrogen-bond donors (Lipinski definition) is 2. The number of halogens is 2. The number of nitrogens with one attached hydrogen (secondary N) is 1. The monoisotopic (exact) mass is 273 g/mol. The molecule has 18 heavy (non-hydrogen) atoms. The number of aromatic hydroxyl groups is 1. The Balaban J connectivity index is 2.29. The highest BCUT2D eigenvalue weighted by molar-refractivity contribution is 6.31. The number of rotatable bonds is 3. The molecule has 1 aromatic rings. The molecule has 1 heterocycles. The molecule has 0 spiro atoms. The van der Waals surface area contributed by atoms with E-state index >= 15 is 0 Å². The summed E-state index contributed by atoms with van der Waals surface area (Å²) in [6.45, 7) is 1.93. The maximum absolute atomic E-state index is 13.6. The fourth-order valence-corrected chi connectivity index (χ4v) is 2.65. The molecule has 0 radical (unpaired) electrons. The quantitative estimate of drug-likeness (QED) is 0.890. The molecule has 1 aliphatic rings. The number of phenolic OH excluding ortho intramolecular Hbond substituents is 1. The Morgan fingerprint density at radius 2 is 2.17 bits per heavy atom. The van der Waals surface area contributed by atoms with Crippen molar-refractivity contribution in [1.82, 2.24) is 5.32 Å². The molecule has 1 fully saturated rings. The van der Waals surface area contributed by atoms with E-state index in [0.717, 1.165) is 32.0 Å². The van der Waals surface area contributed by atoms with Crippen LogP contribution in [0.2, 0.25) is 5.02 Å². The number of piperidine rings is 1. The van der Waals surface area contributed by atoms with E-state index in [0.29, 0.717) is 23.7 Å². The van der Waals surface area contributed by atoms with Gasteiger partial charge < -0.3 is 15.2 Å². The Hall–Kier alpha value is -1.00. The largest absolute Gasteiger partial charge is 0.504 e. The minimum Gasteiger partial charge on any atom is -0.504 e. The van der Waals surface area contributed by atoms with Crippen LogP contribution < -0.4 is 10.1 Å². The fourth-order valence-electron chi connectivity index (χ4n) is 2.43. The van der Waals surface area contributed by atoms with Crippen molar-refractivity contribution in [3.8, 4) is 11.5 Å². The first-order valence-electron chi connectivity index (χ1n) is 6.08. The Kier molecular flexibility index (Phi) is 4.30. The van der Waals surface area contributed by atoms with Gasteiger partial charge in [0, 0.05) is 11.6 Å². The minimum absolute atomic E-state index is 0.0585. The van der Waals surface area contributed by atoms with Gasteiger partial charge in [-0.15, -0.1) is 0 Å². The van der Waals surface area contributed by atoms with Gasteiger partial charge in [0.25, 0.3) is 0 Å². The summed E-state index contributed by atoms with van der Waals surface area (Å²) in [4.78, 5) is 0. The molecule has 0 aromatic heterocycles. The van der Waals surface area contributed by atoms with E-state index in [-0.39, 0.29) is 10.8 Å². The van der Waals surface area contributed by atoms with Gasteiger partial charge in [0.05, 0.1) is 12.1 Å². The first-order valence-corrected chi connectivity index (χ1v) is 6.45. The summed E-state index contributed by atoms with van der Waals surface area (Å²) < 4.78 is 18.7. The van der Waals surface area contributed by atoms with Gasteiger partial charge >= 0.3 is 0 Å². The molecule has 0 amide bonds. The third kappa shape index (κ3) is 2.70. The lowest BCUT2D eigenvalue weighted by atomic mass is 9.90. The second-order valence-electron chi connectivity index (χ2n) is 4.60. The smallest absolute Gasteiger partial charge is 0.165 e. The molecule has 100 valence electrons. The van der Waals surface area contributed by atoms with Crippen molar-refractivity contribution in [1.29, 1.82) is 0 Å². The van der Waals surface area contributed by atoms with Gasteiger partial charge in [-0.2, -0.15) is 0 Å². The van der Waals surface area contributed by atoms with Gasteiger partial charge in [0.1, 0.15) is 5.82 Å². The summed E-state index contributed by atoms with van der Waals surface area (Å²) >= 11 is 5.99. The van der Waals surface area contributed by atoms with Gasteiger partial charge in [-0.3, -0.25) is 0 Å². The van der Waals surface area contributed by atoms with E-state index < -0.39 is 5.82 Å². The van der Waals surface area contributed by atoms with Gasteiger partial charge in [0.2, 0.25) is 0 Å². The molecule has 5 heteroatoms. The van der Waals surface area contributed by atoms with Crippen molar-refractivity contribution < 1.29 is 14.2 Å². The van der Waals surface area contributed by atoms with E-state index in [4.69, 9.17) is 16.3 Å². The first-order chi connectivity index (χ1) is 8.63. The maximum atomic E-state index is 13.6. The van der Waals surface area contributed by atoms with Crippen molar-refractivity contribution in [2.45, 2.75) is 19.3 Å². The average molecular weight is 274 g/mol. The lowest BCUT2D eigenvalue weighted by Crippen LogP contribution is -2.28. The molecule has 0 atom stereocenters. The highest BCUT2D eigenvalue weighted by Gasteiger charge is 2.22. The number of ether oxygens (including phenoxy) is 1. The van der Waals surface area contributed by atoms with Crippen LogP contribution in [0.3, 0.4) is 0 Å². The van der Waals surface area contributed by atoms with Crippen LogP contribution in [0.25, 0.3) is 0 Å². The molecule has 3 nitrogen and oxygen atoms in total. The molecule has 2 N–H and O–H groups in total. The van der Waals surface area contributed by atoms with Crippen LogP contribution in [-0.2, 0) is 6.42 Å². The number of hydrogen-bond acceptors (Lipinski definition) is 3. The van der Waals surface area contributed by atoms with E-state index in [1.54, 1.807) is 0 Å².